The second-order valence-corrected chi connectivity index (χ2v) is 12.3. The molecule has 2 amide bonds. The SMILES string of the molecule is Cc1ccc(C(C)C)c(N2CCCS/C2=N\C(=O)NC(C)C(F)c2ccc(-c3ncn(-c4ccc(OC(F)(F)F)cc4)n3)cc2)c1. The summed E-state index contributed by atoms with van der Waals surface area (Å²) < 4.78 is 58.1. The first-order valence-corrected chi connectivity index (χ1v) is 15.8. The highest BCUT2D eigenvalue weighted by molar-refractivity contribution is 8.14. The summed E-state index contributed by atoms with van der Waals surface area (Å²) >= 11 is 1.52. The lowest BCUT2D eigenvalue weighted by Gasteiger charge is -2.32. The van der Waals surface area contributed by atoms with E-state index in [2.05, 4.69) is 62.1 Å². The molecule has 46 heavy (non-hydrogen) atoms. The molecule has 0 bridgehead atoms. The number of halogens is 4. The largest absolute Gasteiger partial charge is 0.573 e. The number of carbonyl (C=O) groups excluding carboxylic acids is 1. The van der Waals surface area contributed by atoms with Gasteiger partial charge in [-0.15, -0.1) is 18.3 Å². The number of amides is 2. The summed E-state index contributed by atoms with van der Waals surface area (Å²) in [5.41, 5.74) is 4.79. The number of anilines is 1. The van der Waals surface area contributed by atoms with Gasteiger partial charge in [-0.2, -0.15) is 4.99 Å². The third kappa shape index (κ3) is 8.06. The maximum atomic E-state index is 15.5. The molecule has 1 saturated heterocycles. The van der Waals surface area contributed by atoms with Gasteiger partial charge in [-0.25, -0.2) is 18.9 Å². The highest BCUT2D eigenvalue weighted by atomic mass is 32.2. The van der Waals surface area contributed by atoms with Gasteiger partial charge in [-0.3, -0.25) is 0 Å². The monoisotopic (exact) mass is 654 g/mol. The Hall–Kier alpha value is -4.39. The Morgan fingerprint density at radius 2 is 1.76 bits per heavy atom. The molecule has 13 heteroatoms. The van der Waals surface area contributed by atoms with Gasteiger partial charge in [-0.05, 0) is 73.2 Å². The van der Waals surface area contributed by atoms with Gasteiger partial charge in [-0.1, -0.05) is 62.0 Å². The summed E-state index contributed by atoms with van der Waals surface area (Å²) in [5.74, 6) is 1.14. The van der Waals surface area contributed by atoms with Crippen LogP contribution in [0.25, 0.3) is 17.1 Å². The van der Waals surface area contributed by atoms with E-state index < -0.39 is 24.6 Å². The van der Waals surface area contributed by atoms with Crippen molar-refractivity contribution >= 4 is 28.6 Å². The molecule has 8 nitrogen and oxygen atoms in total. The van der Waals surface area contributed by atoms with E-state index in [9.17, 15) is 18.0 Å². The number of hydrogen-bond donors (Lipinski definition) is 1. The van der Waals surface area contributed by atoms with Crippen molar-refractivity contribution in [1.29, 1.82) is 0 Å². The van der Waals surface area contributed by atoms with E-state index in [1.165, 1.54) is 52.6 Å². The molecule has 0 radical (unpaired) electrons. The van der Waals surface area contributed by atoms with Crippen molar-refractivity contribution in [3.8, 4) is 22.8 Å². The molecule has 3 aromatic carbocycles. The number of aliphatic imine (C=N–C) groups is 1. The van der Waals surface area contributed by atoms with Crippen LogP contribution in [0, 0.1) is 6.92 Å². The average Bonchev–Trinajstić information content (AvgIpc) is 3.51. The second kappa shape index (κ2) is 13.9. The van der Waals surface area contributed by atoms with E-state index in [1.807, 2.05) is 6.92 Å². The lowest BCUT2D eigenvalue weighted by molar-refractivity contribution is -0.274. The van der Waals surface area contributed by atoms with Crippen LogP contribution < -0.4 is 15.0 Å². The van der Waals surface area contributed by atoms with Crippen molar-refractivity contribution < 1.29 is 27.1 Å². The van der Waals surface area contributed by atoms with Crippen molar-refractivity contribution in [2.75, 3.05) is 17.2 Å². The fourth-order valence-electron chi connectivity index (χ4n) is 5.06. The van der Waals surface area contributed by atoms with Crippen molar-refractivity contribution in [2.24, 2.45) is 4.99 Å². The van der Waals surface area contributed by atoms with Gasteiger partial charge in [0.05, 0.1) is 11.7 Å². The first kappa shape index (κ1) is 33.0. The summed E-state index contributed by atoms with van der Waals surface area (Å²) in [6.07, 6.45) is -3.89. The van der Waals surface area contributed by atoms with E-state index in [4.69, 9.17) is 0 Å². The minimum atomic E-state index is -4.78. The van der Waals surface area contributed by atoms with Crippen LogP contribution in [0.15, 0.2) is 78.0 Å². The number of nitrogens with zero attached hydrogens (tertiary/aromatic N) is 5. The van der Waals surface area contributed by atoms with Gasteiger partial charge in [0.25, 0.3) is 0 Å². The Labute approximate surface area is 268 Å². The number of alkyl halides is 4. The Kier molecular flexibility index (Phi) is 10.00. The summed E-state index contributed by atoms with van der Waals surface area (Å²) in [6.45, 7) is 8.64. The highest BCUT2D eigenvalue weighted by Crippen LogP contribution is 2.33. The standard InChI is InChI=1S/C33H34F4N6O2S/c1-20(2)27-15-6-21(3)18-28(27)42-16-5-17-46-32(42)40-31(44)39-22(4)29(34)23-7-9-24(10-8-23)30-38-19-43(41-30)25-11-13-26(14-12-25)45-33(35,36)37/h6-15,18-20,22,29H,5,16-17H2,1-4H3,(H,39,44)/b40-32-. The number of urea groups is 1. The van der Waals surface area contributed by atoms with Gasteiger partial charge in [0.15, 0.2) is 11.0 Å². The van der Waals surface area contributed by atoms with Gasteiger partial charge in [0.1, 0.15) is 18.2 Å². The molecule has 1 aromatic heterocycles. The predicted molar refractivity (Wildman–Crippen MR) is 172 cm³/mol. The number of hydrogen-bond acceptors (Lipinski definition) is 5. The van der Waals surface area contributed by atoms with Gasteiger partial charge in [0.2, 0.25) is 0 Å². The van der Waals surface area contributed by atoms with Crippen LogP contribution in [0.5, 0.6) is 5.75 Å². The minimum Gasteiger partial charge on any atom is -0.406 e. The van der Waals surface area contributed by atoms with Crippen LogP contribution in [0.4, 0.5) is 28.0 Å². The number of rotatable bonds is 8. The van der Waals surface area contributed by atoms with E-state index in [1.54, 1.807) is 31.2 Å². The Bertz CT molecular complexity index is 1690. The topological polar surface area (TPSA) is 84.6 Å². The van der Waals surface area contributed by atoms with Gasteiger partial charge in [0, 0.05) is 23.5 Å². The highest BCUT2D eigenvalue weighted by Gasteiger charge is 2.31. The minimum absolute atomic E-state index is 0.297. The van der Waals surface area contributed by atoms with Crippen LogP contribution in [0.3, 0.4) is 0 Å². The average molecular weight is 655 g/mol. The predicted octanol–water partition coefficient (Wildman–Crippen LogP) is 8.37. The fourth-order valence-corrected chi connectivity index (χ4v) is 6.01. The zero-order valence-electron chi connectivity index (χ0n) is 25.8. The summed E-state index contributed by atoms with van der Waals surface area (Å²) in [5, 5.41) is 7.67. The number of ether oxygens (including phenoxy) is 1. The van der Waals surface area contributed by atoms with Crippen molar-refractivity contribution in [3.05, 3.63) is 89.7 Å². The molecular weight excluding hydrogens is 620 g/mol. The maximum absolute atomic E-state index is 15.5. The van der Waals surface area contributed by atoms with E-state index in [0.717, 1.165) is 30.0 Å². The number of benzene rings is 3. The number of nitrogens with one attached hydrogen (secondary N) is 1. The first-order valence-electron chi connectivity index (χ1n) is 14.8. The lowest BCUT2D eigenvalue weighted by Crippen LogP contribution is -2.38. The molecule has 2 unspecified atom stereocenters. The summed E-state index contributed by atoms with van der Waals surface area (Å²) in [4.78, 5) is 23.7. The third-order valence-corrected chi connectivity index (χ3v) is 8.45. The zero-order chi connectivity index (χ0) is 33.0. The molecule has 1 fully saturated rings. The summed E-state index contributed by atoms with van der Waals surface area (Å²) in [6, 6.07) is 16.6. The molecule has 0 aliphatic carbocycles. The number of aromatic nitrogens is 3. The normalized spacial score (nSPS) is 16.0. The lowest BCUT2D eigenvalue weighted by atomic mass is 9.98. The van der Waals surface area contributed by atoms with Crippen molar-refractivity contribution in [2.45, 2.75) is 58.6 Å². The number of carbonyl (C=O) groups is 1. The van der Waals surface area contributed by atoms with Crippen molar-refractivity contribution in [3.63, 3.8) is 0 Å². The van der Waals surface area contributed by atoms with Crippen LogP contribution in [-0.2, 0) is 0 Å². The van der Waals surface area contributed by atoms with Crippen LogP contribution >= 0.6 is 11.8 Å². The number of aryl methyl sites for hydroxylation is 1. The molecule has 2 atom stereocenters. The molecule has 1 N–H and O–H groups in total. The second-order valence-electron chi connectivity index (χ2n) is 11.3. The molecule has 242 valence electrons. The smallest absolute Gasteiger partial charge is 0.406 e. The number of amidine groups is 1. The third-order valence-electron chi connectivity index (χ3n) is 7.39. The molecule has 4 aromatic rings. The quantitative estimate of drug-likeness (QED) is 0.192. The Balaban J connectivity index is 1.23. The van der Waals surface area contributed by atoms with E-state index in [0.29, 0.717) is 33.7 Å². The van der Waals surface area contributed by atoms with Gasteiger partial charge < -0.3 is 15.0 Å². The molecule has 5 rings (SSSR count). The van der Waals surface area contributed by atoms with E-state index >= 15 is 4.39 Å². The molecule has 2 heterocycles. The number of thioether (sulfide) groups is 1. The van der Waals surface area contributed by atoms with Crippen LogP contribution in [0.1, 0.15) is 56.0 Å². The fraction of sp³-hybridized carbons (Fsp3) is 0.333. The van der Waals surface area contributed by atoms with E-state index in [-0.39, 0.29) is 5.75 Å². The van der Waals surface area contributed by atoms with Gasteiger partial charge >= 0.3 is 12.4 Å². The molecule has 0 saturated carbocycles. The molecule has 1 aliphatic rings. The maximum Gasteiger partial charge on any atom is 0.573 e. The molecule has 1 aliphatic heterocycles. The Morgan fingerprint density at radius 1 is 1.04 bits per heavy atom. The van der Waals surface area contributed by atoms with Crippen LogP contribution in [0.2, 0.25) is 0 Å². The molecular formula is C33H34F4N6O2S. The molecule has 0 spiro atoms. The van der Waals surface area contributed by atoms with Crippen LogP contribution in [-0.4, -0.2) is 50.7 Å². The van der Waals surface area contributed by atoms with Crippen molar-refractivity contribution in [1.82, 2.24) is 20.1 Å². The summed E-state index contributed by atoms with van der Waals surface area (Å²) in [7, 11) is 0. The first-order chi connectivity index (χ1) is 21.9. The zero-order valence-corrected chi connectivity index (χ0v) is 26.6. The Morgan fingerprint density at radius 3 is 2.43 bits per heavy atom.